The van der Waals surface area contributed by atoms with E-state index in [1.165, 1.54) is 0 Å². The van der Waals surface area contributed by atoms with Crippen LogP contribution in [0.15, 0.2) is 54.6 Å². The highest BCUT2D eigenvalue weighted by Crippen LogP contribution is 2.22. The number of amides is 2. The van der Waals surface area contributed by atoms with Gasteiger partial charge in [0.2, 0.25) is 11.8 Å². The minimum absolute atomic E-state index is 0.0370. The zero-order chi connectivity index (χ0) is 21.5. The predicted molar refractivity (Wildman–Crippen MR) is 118 cm³/mol. The van der Waals surface area contributed by atoms with Crippen LogP contribution in [0.2, 0.25) is 0 Å². The number of hydrogen-bond acceptors (Lipinski definition) is 4. The van der Waals surface area contributed by atoms with Crippen LogP contribution in [0.4, 0.5) is 5.69 Å². The number of carbonyl (C=O) groups excluding carboxylic acids is 2. The molecule has 1 heterocycles. The number of nitrogens with zero attached hydrogens (tertiary/aromatic N) is 2. The van der Waals surface area contributed by atoms with Gasteiger partial charge in [-0.2, -0.15) is 0 Å². The minimum atomic E-state index is -0.295. The van der Waals surface area contributed by atoms with E-state index in [4.69, 9.17) is 4.74 Å². The topological polar surface area (TPSA) is 61.9 Å². The largest absolute Gasteiger partial charge is 0.489 e. The SMILES string of the molecule is C[C@H](C(=O)Nc1ccc(OCc2ccccc2)cc1)N1CCC[C@H](C(=O)N(C)C)C1. The summed E-state index contributed by atoms with van der Waals surface area (Å²) in [6.45, 7) is 3.86. The highest BCUT2D eigenvalue weighted by Gasteiger charge is 2.31. The lowest BCUT2D eigenvalue weighted by Crippen LogP contribution is -2.49. The summed E-state index contributed by atoms with van der Waals surface area (Å²) in [5, 5.41) is 2.98. The average molecular weight is 410 g/mol. The Bertz CT molecular complexity index is 837. The molecule has 0 aromatic heterocycles. The van der Waals surface area contributed by atoms with E-state index in [1.54, 1.807) is 19.0 Å². The van der Waals surface area contributed by atoms with Gasteiger partial charge in [0.15, 0.2) is 0 Å². The third kappa shape index (κ3) is 5.83. The van der Waals surface area contributed by atoms with Crippen molar-refractivity contribution in [2.24, 2.45) is 5.92 Å². The molecule has 2 aromatic rings. The fourth-order valence-corrected chi connectivity index (χ4v) is 3.71. The second-order valence-corrected chi connectivity index (χ2v) is 8.03. The standard InChI is InChI=1S/C24H31N3O3/c1-18(27-15-7-10-20(16-27)24(29)26(2)3)23(28)25-21-11-13-22(14-12-21)30-17-19-8-5-4-6-9-19/h4-6,8-9,11-14,18,20H,7,10,15-17H2,1-3H3,(H,25,28)/t18-,20+/m1/s1. The van der Waals surface area contributed by atoms with Gasteiger partial charge in [0.25, 0.3) is 0 Å². The number of likely N-dealkylation sites (tertiary alicyclic amines) is 1. The molecule has 0 saturated carbocycles. The summed E-state index contributed by atoms with van der Waals surface area (Å²) in [5.74, 6) is 0.792. The van der Waals surface area contributed by atoms with Crippen molar-refractivity contribution in [3.8, 4) is 5.75 Å². The van der Waals surface area contributed by atoms with E-state index < -0.39 is 0 Å². The predicted octanol–water partition coefficient (Wildman–Crippen LogP) is 3.39. The lowest BCUT2D eigenvalue weighted by atomic mass is 9.95. The Morgan fingerprint density at radius 3 is 2.50 bits per heavy atom. The fraction of sp³-hybridized carbons (Fsp3) is 0.417. The Morgan fingerprint density at radius 2 is 1.83 bits per heavy atom. The summed E-state index contributed by atoms with van der Waals surface area (Å²) < 4.78 is 5.79. The molecule has 2 aromatic carbocycles. The Morgan fingerprint density at radius 1 is 1.13 bits per heavy atom. The van der Waals surface area contributed by atoms with Crippen LogP contribution in [-0.2, 0) is 16.2 Å². The maximum absolute atomic E-state index is 12.7. The molecule has 1 aliphatic rings. The highest BCUT2D eigenvalue weighted by atomic mass is 16.5. The van der Waals surface area contributed by atoms with Crippen LogP contribution in [-0.4, -0.2) is 54.8 Å². The second kappa shape index (κ2) is 10.3. The van der Waals surface area contributed by atoms with Crippen LogP contribution >= 0.6 is 0 Å². The molecule has 1 N–H and O–H groups in total. The Hall–Kier alpha value is -2.86. The molecule has 0 spiro atoms. The first-order chi connectivity index (χ1) is 14.4. The maximum Gasteiger partial charge on any atom is 0.241 e. The van der Waals surface area contributed by atoms with Crippen molar-refractivity contribution >= 4 is 17.5 Å². The summed E-state index contributed by atoms with van der Waals surface area (Å²) in [6, 6.07) is 17.1. The molecule has 2 atom stereocenters. The molecule has 1 fully saturated rings. The first-order valence-electron chi connectivity index (χ1n) is 10.5. The first-order valence-corrected chi connectivity index (χ1v) is 10.5. The minimum Gasteiger partial charge on any atom is -0.489 e. The smallest absolute Gasteiger partial charge is 0.241 e. The van der Waals surface area contributed by atoms with E-state index in [-0.39, 0.29) is 23.8 Å². The van der Waals surface area contributed by atoms with Crippen LogP contribution in [0.25, 0.3) is 0 Å². The normalized spacial score (nSPS) is 17.8. The van der Waals surface area contributed by atoms with Gasteiger partial charge in [0, 0.05) is 26.3 Å². The summed E-state index contributed by atoms with van der Waals surface area (Å²) in [4.78, 5) is 28.8. The highest BCUT2D eigenvalue weighted by molar-refractivity contribution is 5.94. The van der Waals surface area contributed by atoms with Gasteiger partial charge in [-0.1, -0.05) is 30.3 Å². The van der Waals surface area contributed by atoms with Gasteiger partial charge in [-0.3, -0.25) is 14.5 Å². The third-order valence-corrected chi connectivity index (χ3v) is 5.54. The van der Waals surface area contributed by atoms with Gasteiger partial charge in [0.1, 0.15) is 12.4 Å². The molecule has 3 rings (SSSR count). The van der Waals surface area contributed by atoms with Crippen LogP contribution in [0, 0.1) is 5.92 Å². The van der Waals surface area contributed by atoms with Crippen molar-refractivity contribution in [2.75, 3.05) is 32.5 Å². The second-order valence-electron chi connectivity index (χ2n) is 8.03. The quantitative estimate of drug-likeness (QED) is 0.761. The number of piperidine rings is 1. The Kier molecular flexibility index (Phi) is 7.46. The summed E-state index contributed by atoms with van der Waals surface area (Å²) in [7, 11) is 3.56. The molecule has 1 saturated heterocycles. The molecule has 30 heavy (non-hydrogen) atoms. The molecule has 160 valence electrons. The third-order valence-electron chi connectivity index (χ3n) is 5.54. The van der Waals surface area contributed by atoms with Gasteiger partial charge < -0.3 is 15.0 Å². The molecule has 6 nitrogen and oxygen atoms in total. The van der Waals surface area contributed by atoms with Gasteiger partial charge >= 0.3 is 0 Å². The van der Waals surface area contributed by atoms with E-state index >= 15 is 0 Å². The number of anilines is 1. The zero-order valence-corrected chi connectivity index (χ0v) is 18.0. The molecule has 6 heteroatoms. The lowest BCUT2D eigenvalue weighted by molar-refractivity contribution is -0.136. The molecule has 2 amide bonds. The van der Waals surface area contributed by atoms with Crippen LogP contribution in [0.5, 0.6) is 5.75 Å². The van der Waals surface area contributed by atoms with E-state index in [2.05, 4.69) is 10.2 Å². The molecule has 0 bridgehead atoms. The molecular weight excluding hydrogens is 378 g/mol. The van der Waals surface area contributed by atoms with Gasteiger partial charge in [-0.05, 0) is 56.1 Å². The van der Waals surface area contributed by atoms with Crippen LogP contribution in [0.3, 0.4) is 0 Å². The molecular formula is C24H31N3O3. The molecule has 1 aliphatic heterocycles. The Labute approximate surface area is 178 Å². The number of hydrogen-bond donors (Lipinski definition) is 1. The monoisotopic (exact) mass is 409 g/mol. The molecule has 0 radical (unpaired) electrons. The van der Waals surface area contributed by atoms with E-state index in [0.717, 1.165) is 36.4 Å². The van der Waals surface area contributed by atoms with Crippen molar-refractivity contribution in [1.29, 1.82) is 0 Å². The van der Waals surface area contributed by atoms with Crippen molar-refractivity contribution in [1.82, 2.24) is 9.80 Å². The average Bonchev–Trinajstić information content (AvgIpc) is 2.78. The number of carbonyl (C=O) groups is 2. The van der Waals surface area contributed by atoms with Gasteiger partial charge in [-0.15, -0.1) is 0 Å². The molecule has 0 unspecified atom stereocenters. The van der Waals surface area contributed by atoms with Gasteiger partial charge in [0.05, 0.1) is 12.0 Å². The van der Waals surface area contributed by atoms with E-state index in [1.807, 2.05) is 61.5 Å². The number of rotatable bonds is 7. The first kappa shape index (κ1) is 21.8. The number of nitrogens with one attached hydrogen (secondary N) is 1. The maximum atomic E-state index is 12.7. The van der Waals surface area contributed by atoms with E-state index in [0.29, 0.717) is 13.2 Å². The van der Waals surface area contributed by atoms with Crippen molar-refractivity contribution in [3.63, 3.8) is 0 Å². The van der Waals surface area contributed by atoms with Crippen LogP contribution in [0.1, 0.15) is 25.3 Å². The van der Waals surface area contributed by atoms with Crippen molar-refractivity contribution in [3.05, 3.63) is 60.2 Å². The molecule has 0 aliphatic carbocycles. The number of ether oxygens (including phenoxy) is 1. The lowest BCUT2D eigenvalue weighted by Gasteiger charge is -2.36. The summed E-state index contributed by atoms with van der Waals surface area (Å²) >= 11 is 0. The van der Waals surface area contributed by atoms with E-state index in [9.17, 15) is 9.59 Å². The van der Waals surface area contributed by atoms with Gasteiger partial charge in [-0.25, -0.2) is 0 Å². The van der Waals surface area contributed by atoms with Crippen molar-refractivity contribution < 1.29 is 14.3 Å². The number of benzene rings is 2. The summed E-state index contributed by atoms with van der Waals surface area (Å²) in [6.07, 6.45) is 1.81. The van der Waals surface area contributed by atoms with Crippen LogP contribution < -0.4 is 10.1 Å². The fourth-order valence-electron chi connectivity index (χ4n) is 3.71. The Balaban J connectivity index is 1.51. The van der Waals surface area contributed by atoms with Crippen molar-refractivity contribution in [2.45, 2.75) is 32.4 Å². The summed E-state index contributed by atoms with van der Waals surface area (Å²) in [5.41, 5.74) is 1.84. The zero-order valence-electron chi connectivity index (χ0n) is 18.0.